The number of ketones is 1. The van der Waals surface area contributed by atoms with Crippen LogP contribution in [0.5, 0.6) is 0 Å². The van der Waals surface area contributed by atoms with Crippen LogP contribution in [0.15, 0.2) is 42.6 Å². The van der Waals surface area contributed by atoms with Crippen LogP contribution in [0.4, 0.5) is 0 Å². The zero-order chi connectivity index (χ0) is 12.1. The fraction of sp³-hybridized carbons (Fsp3) is 0. The highest BCUT2D eigenvalue weighted by Crippen LogP contribution is 2.28. The number of benzene rings is 1. The van der Waals surface area contributed by atoms with Crippen LogP contribution in [-0.4, -0.2) is 10.8 Å². The average Bonchev–Trinajstić information content (AvgIpc) is 2.77. The molecule has 0 atom stereocenters. The van der Waals surface area contributed by atoms with Crippen molar-refractivity contribution in [3.05, 3.63) is 64.3 Å². The Balaban J connectivity index is 2.20. The van der Waals surface area contributed by atoms with Gasteiger partial charge in [0.25, 0.3) is 0 Å². The SMILES string of the molecule is O=C1C=CC=c2ncc3c(c21)-c1ccccc1C=3. The van der Waals surface area contributed by atoms with Crippen molar-refractivity contribution in [2.24, 2.45) is 0 Å². The molecule has 0 saturated heterocycles. The van der Waals surface area contributed by atoms with E-state index in [9.17, 15) is 4.79 Å². The molecular weight excluding hydrogens is 222 g/mol. The number of hydrogen-bond acceptors (Lipinski definition) is 2. The minimum atomic E-state index is 0.0435. The lowest BCUT2D eigenvalue weighted by atomic mass is 9.96. The molecule has 0 N–H and O–H groups in total. The molecule has 0 amide bonds. The molecule has 2 aliphatic carbocycles. The Labute approximate surface area is 104 Å². The van der Waals surface area contributed by atoms with E-state index < -0.39 is 0 Å². The predicted molar refractivity (Wildman–Crippen MR) is 70.4 cm³/mol. The van der Waals surface area contributed by atoms with Gasteiger partial charge in [0.1, 0.15) is 0 Å². The van der Waals surface area contributed by atoms with Crippen molar-refractivity contribution in [1.82, 2.24) is 4.98 Å². The van der Waals surface area contributed by atoms with Gasteiger partial charge in [0, 0.05) is 17.0 Å². The minimum Gasteiger partial charge on any atom is -0.289 e. The van der Waals surface area contributed by atoms with E-state index in [-0.39, 0.29) is 5.78 Å². The summed E-state index contributed by atoms with van der Waals surface area (Å²) in [4.78, 5) is 16.5. The third-order valence-electron chi connectivity index (χ3n) is 3.43. The number of allylic oxidation sites excluding steroid dienone is 2. The Morgan fingerprint density at radius 2 is 1.94 bits per heavy atom. The summed E-state index contributed by atoms with van der Waals surface area (Å²) in [5.41, 5.74) is 4.05. The number of fused-ring (bicyclic) bond motifs is 5. The van der Waals surface area contributed by atoms with Gasteiger partial charge in [0.05, 0.1) is 10.9 Å². The zero-order valence-corrected chi connectivity index (χ0v) is 9.55. The third kappa shape index (κ3) is 1.12. The van der Waals surface area contributed by atoms with Gasteiger partial charge in [-0.25, -0.2) is 0 Å². The number of nitrogens with zero attached hydrogens (tertiary/aromatic N) is 1. The normalized spacial score (nSPS) is 14.3. The van der Waals surface area contributed by atoms with E-state index in [4.69, 9.17) is 0 Å². The molecular formula is C16H9NO. The first-order valence-corrected chi connectivity index (χ1v) is 5.87. The first kappa shape index (κ1) is 9.54. The maximum absolute atomic E-state index is 12.1. The van der Waals surface area contributed by atoms with Gasteiger partial charge in [0.2, 0.25) is 0 Å². The summed E-state index contributed by atoms with van der Waals surface area (Å²) in [6.07, 6.45) is 9.18. The molecule has 0 aliphatic heterocycles. The van der Waals surface area contributed by atoms with Crippen molar-refractivity contribution in [1.29, 1.82) is 0 Å². The van der Waals surface area contributed by atoms with Gasteiger partial charge in [-0.15, -0.1) is 0 Å². The van der Waals surface area contributed by atoms with E-state index in [2.05, 4.69) is 23.2 Å². The number of rotatable bonds is 0. The first-order valence-electron chi connectivity index (χ1n) is 5.87. The third-order valence-corrected chi connectivity index (χ3v) is 3.43. The lowest BCUT2D eigenvalue weighted by Crippen LogP contribution is -2.25. The van der Waals surface area contributed by atoms with Crippen molar-refractivity contribution in [3.63, 3.8) is 0 Å². The van der Waals surface area contributed by atoms with Crippen LogP contribution in [0.3, 0.4) is 0 Å². The molecule has 2 aliphatic rings. The molecule has 2 aromatic rings. The Kier molecular flexibility index (Phi) is 1.73. The van der Waals surface area contributed by atoms with Gasteiger partial charge in [-0.1, -0.05) is 30.3 Å². The summed E-state index contributed by atoms with van der Waals surface area (Å²) in [6.45, 7) is 0. The first-order chi connectivity index (χ1) is 8.84. The van der Waals surface area contributed by atoms with Crippen LogP contribution < -0.4 is 10.6 Å². The quantitative estimate of drug-likeness (QED) is 0.585. The van der Waals surface area contributed by atoms with Crippen LogP contribution in [0.2, 0.25) is 0 Å². The highest BCUT2D eigenvalue weighted by Gasteiger charge is 2.21. The number of carbonyl (C=O) groups is 1. The Hall–Kier alpha value is -2.48. The maximum atomic E-state index is 12.1. The lowest BCUT2D eigenvalue weighted by Gasteiger charge is -2.08. The van der Waals surface area contributed by atoms with Crippen molar-refractivity contribution in [3.8, 4) is 11.1 Å². The number of hydrogen-bond donors (Lipinski definition) is 0. The lowest BCUT2D eigenvalue weighted by molar-refractivity contribution is 0.104. The molecule has 0 bridgehead atoms. The van der Waals surface area contributed by atoms with Crippen molar-refractivity contribution in [2.75, 3.05) is 0 Å². The van der Waals surface area contributed by atoms with Gasteiger partial charge >= 0.3 is 0 Å². The van der Waals surface area contributed by atoms with E-state index >= 15 is 0 Å². The molecule has 1 aromatic heterocycles. The molecule has 0 saturated carbocycles. The number of pyridine rings is 1. The molecule has 18 heavy (non-hydrogen) atoms. The summed E-state index contributed by atoms with van der Waals surface area (Å²) in [7, 11) is 0. The molecule has 84 valence electrons. The van der Waals surface area contributed by atoms with Gasteiger partial charge in [-0.05, 0) is 29.4 Å². The van der Waals surface area contributed by atoms with Crippen molar-refractivity contribution in [2.45, 2.75) is 0 Å². The molecule has 4 rings (SSSR count). The molecule has 2 heteroatoms. The molecule has 0 radical (unpaired) electrons. The Morgan fingerprint density at radius 1 is 1.06 bits per heavy atom. The molecule has 2 nitrogen and oxygen atoms in total. The summed E-state index contributed by atoms with van der Waals surface area (Å²) in [5.74, 6) is 0.0435. The molecule has 1 heterocycles. The summed E-state index contributed by atoms with van der Waals surface area (Å²) < 4.78 is 0. The second-order valence-electron chi connectivity index (χ2n) is 4.47. The van der Waals surface area contributed by atoms with Crippen LogP contribution >= 0.6 is 0 Å². The van der Waals surface area contributed by atoms with Gasteiger partial charge in [0.15, 0.2) is 5.78 Å². The second-order valence-corrected chi connectivity index (χ2v) is 4.47. The Morgan fingerprint density at radius 3 is 2.89 bits per heavy atom. The molecule has 0 fully saturated rings. The van der Waals surface area contributed by atoms with Crippen LogP contribution in [0.1, 0.15) is 15.9 Å². The smallest absolute Gasteiger partial charge is 0.188 e. The summed E-state index contributed by atoms with van der Waals surface area (Å²) in [6, 6.07) is 8.13. The van der Waals surface area contributed by atoms with Crippen molar-refractivity contribution < 1.29 is 4.79 Å². The van der Waals surface area contributed by atoms with E-state index in [0.29, 0.717) is 0 Å². The van der Waals surface area contributed by atoms with Gasteiger partial charge in [-0.2, -0.15) is 0 Å². The fourth-order valence-corrected chi connectivity index (χ4v) is 2.64. The van der Waals surface area contributed by atoms with E-state index in [1.54, 1.807) is 12.2 Å². The van der Waals surface area contributed by atoms with Crippen LogP contribution in [-0.2, 0) is 0 Å². The van der Waals surface area contributed by atoms with Crippen LogP contribution in [0.25, 0.3) is 23.3 Å². The topological polar surface area (TPSA) is 30.0 Å². The van der Waals surface area contributed by atoms with E-state index in [0.717, 1.165) is 32.8 Å². The van der Waals surface area contributed by atoms with Gasteiger partial charge < -0.3 is 0 Å². The highest BCUT2D eigenvalue weighted by molar-refractivity contribution is 6.12. The molecule has 0 unspecified atom stereocenters. The van der Waals surface area contributed by atoms with E-state index in [1.807, 2.05) is 24.4 Å². The highest BCUT2D eigenvalue weighted by atomic mass is 16.1. The maximum Gasteiger partial charge on any atom is 0.188 e. The van der Waals surface area contributed by atoms with Gasteiger partial charge in [-0.3, -0.25) is 9.78 Å². The number of aromatic nitrogens is 1. The fourth-order valence-electron chi connectivity index (χ4n) is 2.64. The van der Waals surface area contributed by atoms with Crippen molar-refractivity contribution >= 4 is 17.9 Å². The van der Waals surface area contributed by atoms with Crippen LogP contribution in [0, 0.1) is 0 Å². The second kappa shape index (κ2) is 3.26. The number of carbonyl (C=O) groups excluding carboxylic acids is 1. The zero-order valence-electron chi connectivity index (χ0n) is 9.55. The summed E-state index contributed by atoms with van der Waals surface area (Å²) >= 11 is 0. The minimum absolute atomic E-state index is 0.0435. The largest absolute Gasteiger partial charge is 0.289 e. The standard InChI is InChI=1S/C16H9NO/c18-14-7-3-6-13-16(14)15-11(9-17-13)8-10-4-1-2-5-12(10)15/h1-9H. The van der Waals surface area contributed by atoms with E-state index in [1.165, 1.54) is 0 Å². The molecule has 0 spiro atoms. The molecule has 1 aromatic carbocycles. The predicted octanol–water partition coefficient (Wildman–Crippen LogP) is 1.42. The Bertz CT molecular complexity index is 844. The average molecular weight is 231 g/mol. The monoisotopic (exact) mass is 231 g/mol. The summed E-state index contributed by atoms with van der Waals surface area (Å²) in [5, 5.41) is 1.80.